The normalized spacial score (nSPS) is 21.1. The van der Waals surface area contributed by atoms with Crippen molar-refractivity contribution in [2.75, 3.05) is 6.54 Å². The monoisotopic (exact) mass is 228 g/mol. The molecule has 1 saturated carbocycles. The molecule has 0 heterocycles. The molecule has 1 amide bonds. The van der Waals surface area contributed by atoms with E-state index in [9.17, 15) is 9.90 Å². The van der Waals surface area contributed by atoms with E-state index in [0.29, 0.717) is 6.54 Å². The SMILES string of the molecule is CC(C)NC(=O)C(C)NCC1(O)CCCC1. The molecule has 0 aromatic heterocycles. The van der Waals surface area contributed by atoms with Crippen LogP contribution in [0.15, 0.2) is 0 Å². The summed E-state index contributed by atoms with van der Waals surface area (Å²) in [6.07, 6.45) is 3.87. The van der Waals surface area contributed by atoms with Gasteiger partial charge in [0, 0.05) is 12.6 Å². The van der Waals surface area contributed by atoms with Crippen molar-refractivity contribution < 1.29 is 9.90 Å². The number of amides is 1. The van der Waals surface area contributed by atoms with Crippen LogP contribution in [0, 0.1) is 0 Å². The molecule has 1 fully saturated rings. The molecule has 1 atom stereocenters. The highest BCUT2D eigenvalue weighted by molar-refractivity contribution is 5.81. The predicted molar refractivity (Wildman–Crippen MR) is 64.2 cm³/mol. The largest absolute Gasteiger partial charge is 0.389 e. The van der Waals surface area contributed by atoms with Gasteiger partial charge in [0.2, 0.25) is 5.91 Å². The summed E-state index contributed by atoms with van der Waals surface area (Å²) < 4.78 is 0. The van der Waals surface area contributed by atoms with Crippen LogP contribution < -0.4 is 10.6 Å². The molecule has 0 radical (unpaired) electrons. The van der Waals surface area contributed by atoms with Gasteiger partial charge >= 0.3 is 0 Å². The molecular formula is C12H24N2O2. The molecule has 0 saturated heterocycles. The lowest BCUT2D eigenvalue weighted by Crippen LogP contribution is -2.49. The number of rotatable bonds is 5. The number of hydrogen-bond donors (Lipinski definition) is 3. The Morgan fingerprint density at radius 2 is 1.88 bits per heavy atom. The smallest absolute Gasteiger partial charge is 0.237 e. The summed E-state index contributed by atoms with van der Waals surface area (Å²) in [5.74, 6) is -0.00315. The van der Waals surface area contributed by atoms with Crippen LogP contribution in [0.5, 0.6) is 0 Å². The minimum absolute atomic E-state index is 0.00315. The van der Waals surface area contributed by atoms with Crippen LogP contribution in [0.3, 0.4) is 0 Å². The Labute approximate surface area is 97.8 Å². The van der Waals surface area contributed by atoms with Gasteiger partial charge in [-0.25, -0.2) is 0 Å². The third-order valence-corrected chi connectivity index (χ3v) is 3.10. The van der Waals surface area contributed by atoms with Crippen molar-refractivity contribution in [1.82, 2.24) is 10.6 Å². The van der Waals surface area contributed by atoms with Gasteiger partial charge in [0.05, 0.1) is 11.6 Å². The molecular weight excluding hydrogens is 204 g/mol. The van der Waals surface area contributed by atoms with Gasteiger partial charge in [-0.1, -0.05) is 12.8 Å². The van der Waals surface area contributed by atoms with Gasteiger partial charge < -0.3 is 15.7 Å². The van der Waals surface area contributed by atoms with E-state index in [1.807, 2.05) is 20.8 Å². The Morgan fingerprint density at radius 3 is 2.38 bits per heavy atom. The molecule has 1 rings (SSSR count). The summed E-state index contributed by atoms with van der Waals surface area (Å²) >= 11 is 0. The van der Waals surface area contributed by atoms with Crippen LogP contribution in [0.1, 0.15) is 46.5 Å². The summed E-state index contributed by atoms with van der Waals surface area (Å²) in [4.78, 5) is 11.6. The van der Waals surface area contributed by atoms with E-state index in [1.165, 1.54) is 0 Å². The third-order valence-electron chi connectivity index (χ3n) is 3.10. The fraction of sp³-hybridized carbons (Fsp3) is 0.917. The van der Waals surface area contributed by atoms with E-state index < -0.39 is 5.60 Å². The topological polar surface area (TPSA) is 61.4 Å². The van der Waals surface area contributed by atoms with Gasteiger partial charge in [-0.05, 0) is 33.6 Å². The van der Waals surface area contributed by atoms with Gasteiger partial charge in [-0.2, -0.15) is 0 Å². The molecule has 0 aromatic rings. The maximum absolute atomic E-state index is 11.6. The molecule has 1 aliphatic rings. The molecule has 4 nitrogen and oxygen atoms in total. The van der Waals surface area contributed by atoms with E-state index in [0.717, 1.165) is 25.7 Å². The highest BCUT2D eigenvalue weighted by atomic mass is 16.3. The van der Waals surface area contributed by atoms with E-state index in [-0.39, 0.29) is 18.0 Å². The minimum atomic E-state index is -0.591. The molecule has 0 spiro atoms. The lowest BCUT2D eigenvalue weighted by Gasteiger charge is -2.25. The zero-order valence-electron chi connectivity index (χ0n) is 10.5. The van der Waals surface area contributed by atoms with Crippen molar-refractivity contribution in [3.05, 3.63) is 0 Å². The number of carbonyl (C=O) groups is 1. The van der Waals surface area contributed by atoms with E-state index in [1.54, 1.807) is 0 Å². The van der Waals surface area contributed by atoms with Crippen LogP contribution in [0.4, 0.5) is 0 Å². The van der Waals surface area contributed by atoms with Crippen LogP contribution >= 0.6 is 0 Å². The molecule has 1 aliphatic carbocycles. The molecule has 4 heteroatoms. The Morgan fingerprint density at radius 1 is 1.31 bits per heavy atom. The summed E-state index contributed by atoms with van der Waals surface area (Å²) in [7, 11) is 0. The predicted octanol–water partition coefficient (Wildman–Crippen LogP) is 0.794. The second-order valence-corrected chi connectivity index (χ2v) is 5.20. The van der Waals surface area contributed by atoms with Crippen LogP contribution in [0.25, 0.3) is 0 Å². The van der Waals surface area contributed by atoms with Gasteiger partial charge in [0.15, 0.2) is 0 Å². The second-order valence-electron chi connectivity index (χ2n) is 5.20. The van der Waals surface area contributed by atoms with Crippen molar-refractivity contribution in [2.24, 2.45) is 0 Å². The number of nitrogens with one attached hydrogen (secondary N) is 2. The summed E-state index contributed by atoms with van der Waals surface area (Å²) in [6, 6.07) is -0.0849. The molecule has 3 N–H and O–H groups in total. The van der Waals surface area contributed by atoms with Crippen LogP contribution in [0.2, 0.25) is 0 Å². The van der Waals surface area contributed by atoms with Crippen molar-refractivity contribution in [2.45, 2.75) is 64.1 Å². The molecule has 1 unspecified atom stereocenters. The summed E-state index contributed by atoms with van der Waals surface area (Å²) in [6.45, 7) is 6.22. The maximum atomic E-state index is 11.6. The Hall–Kier alpha value is -0.610. The van der Waals surface area contributed by atoms with Gasteiger partial charge in [0.25, 0.3) is 0 Å². The highest BCUT2D eigenvalue weighted by Gasteiger charge is 2.31. The quantitative estimate of drug-likeness (QED) is 0.652. The Balaban J connectivity index is 2.28. The molecule has 16 heavy (non-hydrogen) atoms. The molecule has 0 aliphatic heterocycles. The second kappa shape index (κ2) is 5.64. The molecule has 0 aromatic carbocycles. The zero-order chi connectivity index (χ0) is 12.2. The average molecular weight is 228 g/mol. The van der Waals surface area contributed by atoms with E-state index in [2.05, 4.69) is 10.6 Å². The first kappa shape index (κ1) is 13.5. The zero-order valence-corrected chi connectivity index (χ0v) is 10.5. The molecule has 0 bridgehead atoms. The fourth-order valence-electron chi connectivity index (χ4n) is 2.06. The van der Waals surface area contributed by atoms with Gasteiger partial charge in [-0.3, -0.25) is 4.79 Å². The lowest BCUT2D eigenvalue weighted by molar-refractivity contribution is -0.123. The maximum Gasteiger partial charge on any atom is 0.237 e. The van der Waals surface area contributed by atoms with Crippen molar-refractivity contribution in [3.8, 4) is 0 Å². The van der Waals surface area contributed by atoms with Crippen LogP contribution in [-0.4, -0.2) is 35.2 Å². The first-order chi connectivity index (χ1) is 7.43. The summed E-state index contributed by atoms with van der Waals surface area (Å²) in [5.41, 5.74) is -0.591. The fourth-order valence-corrected chi connectivity index (χ4v) is 2.06. The number of carbonyl (C=O) groups excluding carboxylic acids is 1. The minimum Gasteiger partial charge on any atom is -0.389 e. The van der Waals surface area contributed by atoms with Crippen molar-refractivity contribution >= 4 is 5.91 Å². The van der Waals surface area contributed by atoms with Gasteiger partial charge in [0.1, 0.15) is 0 Å². The third kappa shape index (κ3) is 4.10. The van der Waals surface area contributed by atoms with E-state index >= 15 is 0 Å². The first-order valence-electron chi connectivity index (χ1n) is 6.19. The van der Waals surface area contributed by atoms with Gasteiger partial charge in [-0.15, -0.1) is 0 Å². The standard InChI is InChI=1S/C12H24N2O2/c1-9(2)14-11(15)10(3)13-8-12(16)6-4-5-7-12/h9-10,13,16H,4-8H2,1-3H3,(H,14,15). The molecule has 94 valence electrons. The average Bonchev–Trinajstić information content (AvgIpc) is 2.61. The van der Waals surface area contributed by atoms with Crippen LogP contribution in [-0.2, 0) is 4.79 Å². The highest BCUT2D eigenvalue weighted by Crippen LogP contribution is 2.28. The Bertz CT molecular complexity index is 235. The lowest BCUT2D eigenvalue weighted by atomic mass is 10.0. The number of aliphatic hydroxyl groups is 1. The van der Waals surface area contributed by atoms with E-state index in [4.69, 9.17) is 0 Å². The Kier molecular flexibility index (Phi) is 4.74. The van der Waals surface area contributed by atoms with Crippen molar-refractivity contribution in [3.63, 3.8) is 0 Å². The summed E-state index contributed by atoms with van der Waals surface area (Å²) in [5, 5.41) is 16.1. The van der Waals surface area contributed by atoms with Crippen molar-refractivity contribution in [1.29, 1.82) is 0 Å². The number of hydrogen-bond acceptors (Lipinski definition) is 3. The first-order valence-corrected chi connectivity index (χ1v) is 6.19.